The fraction of sp³-hybridized carbons (Fsp3) is 0.571. The van der Waals surface area contributed by atoms with E-state index in [0.29, 0.717) is 0 Å². The number of fused-ring (bicyclic) bond motifs is 3. The van der Waals surface area contributed by atoms with Crippen LogP contribution in [0.5, 0.6) is 0 Å². The van der Waals surface area contributed by atoms with Crippen molar-refractivity contribution in [1.82, 2.24) is 0 Å². The van der Waals surface area contributed by atoms with Gasteiger partial charge in [-0.05, 0) is 199 Å². The Hall–Kier alpha value is -1.73. The summed E-state index contributed by atoms with van der Waals surface area (Å²) in [5.74, 6) is 0. The molecule has 6 aromatic rings. The summed E-state index contributed by atoms with van der Waals surface area (Å²) < 4.78 is 4.66. The predicted molar refractivity (Wildman–Crippen MR) is 351 cm³/mol. The lowest BCUT2D eigenvalue weighted by Gasteiger charge is -2.17. The molecule has 0 aliphatic heterocycles. The van der Waals surface area contributed by atoms with Gasteiger partial charge in [-0.2, -0.15) is 0 Å². The van der Waals surface area contributed by atoms with Crippen molar-refractivity contribution in [2.75, 3.05) is 0 Å². The summed E-state index contributed by atoms with van der Waals surface area (Å²) in [5, 5.41) is 8.12. The first-order chi connectivity index (χ1) is 36.2. The first kappa shape index (κ1) is 61.5. The van der Waals surface area contributed by atoms with Gasteiger partial charge in [-0.1, -0.05) is 280 Å². The van der Waals surface area contributed by atoms with Crippen LogP contribution in [0.15, 0.2) is 86.2 Å². The fourth-order valence-electron chi connectivity index (χ4n) is 11.7. The average Bonchev–Trinajstić information content (AvgIpc) is 3.39. The molecule has 0 nitrogen and oxygen atoms in total. The van der Waals surface area contributed by atoms with E-state index >= 15 is 0 Å². The highest BCUT2D eigenvalue weighted by atomic mass is 127. The summed E-state index contributed by atoms with van der Waals surface area (Å²) in [6.45, 7) is 9.26. The highest BCUT2D eigenvalue weighted by Crippen LogP contribution is 2.44. The minimum absolute atomic E-state index is 1.11. The van der Waals surface area contributed by atoms with Gasteiger partial charge >= 0.3 is 0 Å². The summed E-state index contributed by atoms with van der Waals surface area (Å²) in [5.41, 5.74) is 11.3. The van der Waals surface area contributed by atoms with Crippen LogP contribution in [0.2, 0.25) is 0 Å². The van der Waals surface area contributed by atoms with Gasteiger partial charge in [0, 0.05) is 17.0 Å². The van der Waals surface area contributed by atoms with E-state index in [2.05, 4.69) is 171 Å². The smallest absolute Gasteiger partial charge is 0.0261 e. The molecule has 0 saturated heterocycles. The van der Waals surface area contributed by atoms with Crippen LogP contribution in [0.3, 0.4) is 0 Å². The van der Waals surface area contributed by atoms with Gasteiger partial charge in [0.15, 0.2) is 0 Å². The predicted octanol–water partition coefficient (Wildman–Crippen LogP) is 26.1. The maximum atomic E-state index is 4.13. The lowest BCUT2D eigenvalue weighted by atomic mass is 9.91. The summed E-state index contributed by atoms with van der Waals surface area (Å²) >= 11 is 14.9. The number of hydrogen-bond acceptors (Lipinski definition) is 0. The second kappa shape index (κ2) is 35.0. The molecule has 0 amide bonds. The van der Waals surface area contributed by atoms with Gasteiger partial charge in [0.1, 0.15) is 0 Å². The molecule has 0 unspecified atom stereocenters. The number of halogens is 4. The number of hydrogen-bond donors (Lipinski definition) is 0. The van der Waals surface area contributed by atoms with Gasteiger partial charge in [0.05, 0.1) is 0 Å². The van der Waals surface area contributed by atoms with Crippen molar-refractivity contribution in [3.63, 3.8) is 0 Å². The third-order valence-corrected chi connectivity index (χ3v) is 19.1. The highest BCUT2D eigenvalue weighted by molar-refractivity contribution is 14.1. The second-order valence-corrected chi connectivity index (χ2v) is 26.2. The van der Waals surface area contributed by atoms with Crippen molar-refractivity contribution in [2.45, 2.75) is 259 Å². The molecule has 74 heavy (non-hydrogen) atoms. The lowest BCUT2D eigenvalue weighted by molar-refractivity contribution is 0.553. The van der Waals surface area contributed by atoms with Crippen LogP contribution in [0.25, 0.3) is 54.6 Å². The molecule has 6 rings (SSSR count). The fourth-order valence-corrected chi connectivity index (χ4v) is 14.2. The standard InChI is InChI=1S/C70H96Br3I/c1-5-9-13-17-21-23-25-27-31-35-37-53-41-57-45-60-48-66(70(74)50-62(60)46-58(57)42-54(53)38-36-32-28-26-24-22-18-14-10-6-2)65-52-68(72)64(51-69(65)73)63-47-59-43-55(39-33-29-19-15-11-7-3)56(44-61(59)49-67(63)71)40-34-30-20-16-12-8-4/h41-52H,5-40H2,1-4H3. The zero-order valence-electron chi connectivity index (χ0n) is 46.9. The van der Waals surface area contributed by atoms with Crippen molar-refractivity contribution in [2.24, 2.45) is 0 Å². The molecule has 4 heteroatoms. The maximum Gasteiger partial charge on any atom is 0.0261 e. The summed E-state index contributed by atoms with van der Waals surface area (Å²) in [7, 11) is 0. The molecule has 6 aromatic carbocycles. The summed E-state index contributed by atoms with van der Waals surface area (Å²) in [6, 6.07) is 29.6. The van der Waals surface area contributed by atoms with Gasteiger partial charge in [0.25, 0.3) is 0 Å². The van der Waals surface area contributed by atoms with E-state index in [0.717, 1.165) is 13.4 Å². The Balaban J connectivity index is 1.22. The minimum Gasteiger partial charge on any atom is -0.0654 e. The van der Waals surface area contributed by atoms with E-state index in [9.17, 15) is 0 Å². The first-order valence-corrected chi connectivity index (χ1v) is 34.1. The van der Waals surface area contributed by atoms with Crippen LogP contribution in [-0.4, -0.2) is 0 Å². The third-order valence-electron chi connectivity index (χ3n) is 16.3. The Kier molecular flexibility index (Phi) is 29.1. The second-order valence-electron chi connectivity index (χ2n) is 22.5. The molecule has 0 bridgehead atoms. The van der Waals surface area contributed by atoms with Crippen molar-refractivity contribution < 1.29 is 0 Å². The van der Waals surface area contributed by atoms with Crippen molar-refractivity contribution >= 4 is 103 Å². The Morgan fingerprint density at radius 2 is 0.473 bits per heavy atom. The van der Waals surface area contributed by atoms with Crippen LogP contribution < -0.4 is 0 Å². The number of rotatable bonds is 38. The molecule has 0 aliphatic carbocycles. The van der Waals surface area contributed by atoms with Crippen LogP contribution in [0, 0.1) is 3.57 Å². The summed E-state index contributed by atoms with van der Waals surface area (Å²) in [6.07, 6.45) is 48.6. The van der Waals surface area contributed by atoms with E-state index in [4.69, 9.17) is 0 Å². The molecule has 0 spiro atoms. The van der Waals surface area contributed by atoms with Gasteiger partial charge in [-0.15, -0.1) is 0 Å². The van der Waals surface area contributed by atoms with Gasteiger partial charge in [-0.3, -0.25) is 0 Å². The topological polar surface area (TPSA) is 0 Å². The van der Waals surface area contributed by atoms with E-state index in [-0.39, 0.29) is 0 Å². The molecular formula is C70H96Br3I. The van der Waals surface area contributed by atoms with E-state index in [1.54, 1.807) is 22.3 Å². The van der Waals surface area contributed by atoms with Gasteiger partial charge in [0.2, 0.25) is 0 Å². The van der Waals surface area contributed by atoms with E-state index in [1.165, 1.54) is 289 Å². The SMILES string of the molecule is CCCCCCCCCCCCc1cc2cc3cc(I)c(-c4cc(Br)c(-c5cc6cc(CCCCCCCC)c(CCCCCCCC)cc6cc5Br)cc4Br)cc3cc2cc1CCCCCCCCCCCC. The zero-order valence-corrected chi connectivity index (χ0v) is 53.8. The van der Waals surface area contributed by atoms with Crippen LogP contribution >= 0.6 is 70.4 Å². The first-order valence-electron chi connectivity index (χ1n) is 30.7. The Morgan fingerprint density at radius 1 is 0.243 bits per heavy atom. The monoisotopic (exact) mass is 1300 g/mol. The number of aryl methyl sites for hydroxylation is 4. The van der Waals surface area contributed by atoms with Crippen molar-refractivity contribution in [3.05, 3.63) is 112 Å². The van der Waals surface area contributed by atoms with Crippen LogP contribution in [-0.2, 0) is 25.7 Å². The highest BCUT2D eigenvalue weighted by Gasteiger charge is 2.18. The molecular weight excluding hydrogens is 1210 g/mol. The van der Waals surface area contributed by atoms with Crippen LogP contribution in [0.1, 0.15) is 255 Å². The number of unbranched alkanes of at least 4 members (excludes halogenated alkanes) is 28. The normalized spacial score (nSPS) is 11.8. The largest absolute Gasteiger partial charge is 0.0654 e. The molecule has 0 radical (unpaired) electrons. The Labute approximate surface area is 491 Å². The average molecular weight is 1300 g/mol. The molecule has 0 saturated carbocycles. The van der Waals surface area contributed by atoms with Crippen molar-refractivity contribution in [3.8, 4) is 22.3 Å². The van der Waals surface area contributed by atoms with Gasteiger partial charge < -0.3 is 0 Å². The Bertz CT molecular complexity index is 2590. The molecule has 0 heterocycles. The van der Waals surface area contributed by atoms with E-state index in [1.807, 2.05) is 0 Å². The van der Waals surface area contributed by atoms with Crippen molar-refractivity contribution in [1.29, 1.82) is 0 Å². The molecule has 0 aromatic heterocycles. The zero-order chi connectivity index (χ0) is 52.3. The van der Waals surface area contributed by atoms with Crippen LogP contribution in [0.4, 0.5) is 0 Å². The summed E-state index contributed by atoms with van der Waals surface area (Å²) in [4.78, 5) is 0. The van der Waals surface area contributed by atoms with E-state index < -0.39 is 0 Å². The Morgan fingerprint density at radius 3 is 0.824 bits per heavy atom. The maximum absolute atomic E-state index is 4.13. The van der Waals surface area contributed by atoms with Gasteiger partial charge in [-0.25, -0.2) is 0 Å². The lowest BCUT2D eigenvalue weighted by Crippen LogP contribution is -1.97. The third kappa shape index (κ3) is 19.9. The minimum atomic E-state index is 1.11. The molecule has 0 aliphatic rings. The molecule has 0 N–H and O–H groups in total. The molecule has 0 fully saturated rings. The molecule has 404 valence electrons. The molecule has 0 atom stereocenters. The number of benzene rings is 6. The quantitative estimate of drug-likeness (QED) is 0.0206.